The fourth-order valence-corrected chi connectivity index (χ4v) is 3.63. The van der Waals surface area contributed by atoms with Crippen molar-refractivity contribution in [1.29, 1.82) is 0 Å². The number of benzene rings is 3. The minimum absolute atomic E-state index is 0.164. The normalized spacial score (nSPS) is 11.8. The van der Waals surface area contributed by atoms with Gasteiger partial charge in [-0.25, -0.2) is 0 Å². The molecule has 2 N–H and O–H groups in total. The van der Waals surface area contributed by atoms with Crippen molar-refractivity contribution in [2.24, 2.45) is 0 Å². The van der Waals surface area contributed by atoms with Crippen molar-refractivity contribution in [3.8, 4) is 11.5 Å². The summed E-state index contributed by atoms with van der Waals surface area (Å²) < 4.78 is 5.79. The zero-order chi connectivity index (χ0) is 23.6. The number of aromatic hydroxyl groups is 1. The highest BCUT2D eigenvalue weighted by atomic mass is 16.5. The van der Waals surface area contributed by atoms with Crippen LogP contribution in [-0.4, -0.2) is 43.2 Å². The minimum Gasteiger partial charge on any atom is -0.508 e. The van der Waals surface area contributed by atoms with Gasteiger partial charge in [0, 0.05) is 12.2 Å². The van der Waals surface area contributed by atoms with Gasteiger partial charge in [0.2, 0.25) is 0 Å². The molecule has 0 spiro atoms. The highest BCUT2D eigenvalue weighted by Crippen LogP contribution is 2.31. The van der Waals surface area contributed by atoms with Crippen LogP contribution in [0.1, 0.15) is 30.9 Å². The Hall–Kier alpha value is -3.57. The van der Waals surface area contributed by atoms with Gasteiger partial charge in [-0.3, -0.25) is 4.79 Å². The van der Waals surface area contributed by atoms with Crippen LogP contribution in [0.25, 0.3) is 11.1 Å². The minimum atomic E-state index is -0.193. The molecular formula is C28H32N2O3. The molecule has 0 aliphatic rings. The molecule has 0 unspecified atom stereocenters. The molecule has 0 aromatic heterocycles. The number of phenolic OH excluding ortho intramolecular Hbond substituents is 1. The van der Waals surface area contributed by atoms with E-state index in [0.29, 0.717) is 24.3 Å². The number of hydrogen-bond acceptors (Lipinski definition) is 4. The van der Waals surface area contributed by atoms with Crippen LogP contribution in [0.3, 0.4) is 0 Å². The summed E-state index contributed by atoms with van der Waals surface area (Å²) in [5, 5.41) is 12.8. The van der Waals surface area contributed by atoms with Crippen molar-refractivity contribution in [3.63, 3.8) is 0 Å². The third kappa shape index (κ3) is 6.96. The van der Waals surface area contributed by atoms with Gasteiger partial charge < -0.3 is 20.1 Å². The zero-order valence-electron chi connectivity index (χ0n) is 19.5. The van der Waals surface area contributed by atoms with Gasteiger partial charge in [0.25, 0.3) is 5.91 Å². The Bertz CT molecular complexity index is 1060. The summed E-state index contributed by atoms with van der Waals surface area (Å²) in [4.78, 5) is 15.6. The molecule has 0 fully saturated rings. The predicted molar refractivity (Wildman–Crippen MR) is 135 cm³/mol. The van der Waals surface area contributed by atoms with Crippen LogP contribution in [0.2, 0.25) is 0 Å². The number of phenols is 1. The van der Waals surface area contributed by atoms with Gasteiger partial charge in [-0.15, -0.1) is 0 Å². The van der Waals surface area contributed by atoms with Crippen molar-refractivity contribution in [2.75, 3.05) is 32.6 Å². The maximum absolute atomic E-state index is 13.5. The Morgan fingerprint density at radius 3 is 2.18 bits per heavy atom. The van der Waals surface area contributed by atoms with Crippen molar-refractivity contribution < 1.29 is 14.6 Å². The standard InChI is InChI=1S/C28H32N2O3/c1-4-26(21-9-6-5-7-10-21)27(22-11-15-24(31)16-12-22)28(32)29-23-13-17-25(18-14-23)33-20-8-19-30(2)3/h5-7,9-18,31H,4,8,19-20H2,1-3H3,(H,29,32)/b27-26+. The Morgan fingerprint density at radius 2 is 1.58 bits per heavy atom. The SMILES string of the molecule is CC/C(=C(\C(=O)Nc1ccc(OCCCN(C)C)cc1)c1ccc(O)cc1)c1ccccc1. The molecule has 1 amide bonds. The van der Waals surface area contributed by atoms with Crippen molar-refractivity contribution >= 4 is 22.7 Å². The Morgan fingerprint density at radius 1 is 0.909 bits per heavy atom. The fraction of sp³-hybridized carbons (Fsp3) is 0.250. The molecule has 0 heterocycles. The van der Waals surface area contributed by atoms with Gasteiger partial charge in [0.05, 0.1) is 12.2 Å². The van der Waals surface area contributed by atoms with Crippen LogP contribution in [0.5, 0.6) is 11.5 Å². The first-order chi connectivity index (χ1) is 16.0. The zero-order valence-corrected chi connectivity index (χ0v) is 19.5. The van der Waals surface area contributed by atoms with E-state index in [-0.39, 0.29) is 11.7 Å². The topological polar surface area (TPSA) is 61.8 Å². The van der Waals surface area contributed by atoms with E-state index in [9.17, 15) is 9.90 Å². The lowest BCUT2D eigenvalue weighted by Gasteiger charge is -2.16. The van der Waals surface area contributed by atoms with E-state index >= 15 is 0 Å². The van der Waals surface area contributed by atoms with Gasteiger partial charge >= 0.3 is 0 Å². The van der Waals surface area contributed by atoms with Crippen LogP contribution in [0.15, 0.2) is 78.9 Å². The molecule has 3 aromatic rings. The highest BCUT2D eigenvalue weighted by Gasteiger charge is 2.18. The molecule has 3 rings (SSSR count). The lowest BCUT2D eigenvalue weighted by Crippen LogP contribution is -2.16. The Balaban J connectivity index is 1.82. The van der Waals surface area contributed by atoms with Crippen LogP contribution in [0.4, 0.5) is 5.69 Å². The summed E-state index contributed by atoms with van der Waals surface area (Å²) >= 11 is 0. The van der Waals surface area contributed by atoms with Crippen LogP contribution < -0.4 is 10.1 Å². The second kappa shape index (κ2) is 11.9. The van der Waals surface area contributed by atoms with E-state index in [1.54, 1.807) is 24.3 Å². The Kier molecular flexibility index (Phi) is 8.67. The maximum Gasteiger partial charge on any atom is 0.256 e. The summed E-state index contributed by atoms with van der Waals surface area (Å²) in [5.41, 5.74) is 3.99. The number of carbonyl (C=O) groups is 1. The van der Waals surface area contributed by atoms with E-state index in [2.05, 4.69) is 10.2 Å². The van der Waals surface area contributed by atoms with Gasteiger partial charge in [-0.1, -0.05) is 49.4 Å². The average molecular weight is 445 g/mol. The van der Waals surface area contributed by atoms with Crippen molar-refractivity contribution in [2.45, 2.75) is 19.8 Å². The average Bonchev–Trinajstić information content (AvgIpc) is 2.82. The first kappa shape index (κ1) is 24.1. The summed E-state index contributed by atoms with van der Waals surface area (Å²) in [5.74, 6) is 0.748. The maximum atomic E-state index is 13.5. The number of amides is 1. The molecule has 5 heteroatoms. The van der Waals surface area contributed by atoms with Crippen molar-refractivity contribution in [3.05, 3.63) is 90.0 Å². The van der Waals surface area contributed by atoms with E-state index < -0.39 is 0 Å². The summed E-state index contributed by atoms with van der Waals surface area (Å²) in [6, 6.07) is 24.1. The monoisotopic (exact) mass is 444 g/mol. The summed E-state index contributed by atoms with van der Waals surface area (Å²) in [7, 11) is 4.08. The first-order valence-electron chi connectivity index (χ1n) is 11.2. The number of carbonyl (C=O) groups excluding carboxylic acids is 1. The largest absolute Gasteiger partial charge is 0.508 e. The van der Waals surface area contributed by atoms with Crippen molar-refractivity contribution in [1.82, 2.24) is 4.90 Å². The summed E-state index contributed by atoms with van der Waals surface area (Å²) in [6.45, 7) is 3.66. The molecule has 0 bridgehead atoms. The molecule has 5 nitrogen and oxygen atoms in total. The molecule has 0 aliphatic carbocycles. The van der Waals surface area contributed by atoms with Gasteiger partial charge in [-0.2, -0.15) is 0 Å². The molecule has 33 heavy (non-hydrogen) atoms. The molecule has 0 saturated carbocycles. The fourth-order valence-electron chi connectivity index (χ4n) is 3.63. The number of ether oxygens (including phenoxy) is 1. The van der Waals surface area contributed by atoms with Crippen LogP contribution >= 0.6 is 0 Å². The lowest BCUT2D eigenvalue weighted by molar-refractivity contribution is -0.111. The third-order valence-electron chi connectivity index (χ3n) is 5.29. The van der Waals surface area contributed by atoms with Gasteiger partial charge in [-0.05, 0) is 80.0 Å². The quantitative estimate of drug-likeness (QED) is 0.240. The number of nitrogens with one attached hydrogen (secondary N) is 1. The number of allylic oxidation sites excluding steroid dienone is 1. The molecule has 172 valence electrons. The molecule has 0 aliphatic heterocycles. The second-order valence-corrected chi connectivity index (χ2v) is 8.10. The second-order valence-electron chi connectivity index (χ2n) is 8.10. The third-order valence-corrected chi connectivity index (χ3v) is 5.29. The first-order valence-corrected chi connectivity index (χ1v) is 11.2. The highest BCUT2D eigenvalue weighted by molar-refractivity contribution is 6.31. The van der Waals surface area contributed by atoms with E-state index in [4.69, 9.17) is 4.74 Å². The molecular weight excluding hydrogens is 412 g/mol. The lowest BCUT2D eigenvalue weighted by atomic mass is 9.92. The predicted octanol–water partition coefficient (Wildman–Crippen LogP) is 5.68. The molecule has 0 atom stereocenters. The smallest absolute Gasteiger partial charge is 0.256 e. The number of hydrogen-bond donors (Lipinski definition) is 2. The van der Waals surface area contributed by atoms with Crippen LogP contribution in [-0.2, 0) is 4.79 Å². The molecule has 0 saturated heterocycles. The Labute approximate surface area is 196 Å². The van der Waals surface area contributed by atoms with E-state index in [0.717, 1.165) is 35.4 Å². The summed E-state index contributed by atoms with van der Waals surface area (Å²) in [6.07, 6.45) is 1.64. The number of rotatable bonds is 10. The van der Waals surface area contributed by atoms with E-state index in [1.807, 2.05) is 75.6 Å². The van der Waals surface area contributed by atoms with Gasteiger partial charge in [0.15, 0.2) is 0 Å². The molecule has 0 radical (unpaired) electrons. The van der Waals surface area contributed by atoms with Gasteiger partial charge in [0.1, 0.15) is 11.5 Å². The number of nitrogens with zero attached hydrogens (tertiary/aromatic N) is 1. The molecule has 3 aromatic carbocycles. The number of anilines is 1. The van der Waals surface area contributed by atoms with E-state index in [1.165, 1.54) is 0 Å². The van der Waals surface area contributed by atoms with Crippen LogP contribution in [0, 0.1) is 0 Å².